The smallest absolute Gasteiger partial charge is 0.310 e. The zero-order valence-electron chi connectivity index (χ0n) is 10.6. The predicted molar refractivity (Wildman–Crippen MR) is 67.4 cm³/mol. The fourth-order valence-corrected chi connectivity index (χ4v) is 1.65. The summed E-state index contributed by atoms with van der Waals surface area (Å²) >= 11 is 0. The summed E-state index contributed by atoms with van der Waals surface area (Å²) in [4.78, 5) is 0. The van der Waals surface area contributed by atoms with Crippen LogP contribution in [0.2, 0.25) is 0 Å². The number of alkyl halides is 3. The van der Waals surface area contributed by atoms with E-state index in [2.05, 4.69) is 11.9 Å². The lowest BCUT2D eigenvalue weighted by molar-refractivity contribution is -0.137. The first-order valence-electron chi connectivity index (χ1n) is 5.83. The SMILES string of the molecule is C=C(C)CNC(C)Cc1cccc(C(F)(F)F)c1. The topological polar surface area (TPSA) is 12.0 Å². The highest BCUT2D eigenvalue weighted by Gasteiger charge is 2.30. The number of hydrogen-bond donors (Lipinski definition) is 1. The zero-order chi connectivity index (χ0) is 13.8. The molecular formula is C14H18F3N. The highest BCUT2D eigenvalue weighted by atomic mass is 19.4. The summed E-state index contributed by atoms with van der Waals surface area (Å²) in [5.41, 5.74) is 1.10. The molecule has 0 aliphatic carbocycles. The molecule has 0 aromatic heterocycles. The van der Waals surface area contributed by atoms with Gasteiger partial charge in [-0.15, -0.1) is 0 Å². The largest absolute Gasteiger partial charge is 0.416 e. The molecule has 0 spiro atoms. The van der Waals surface area contributed by atoms with Crippen molar-refractivity contribution in [2.24, 2.45) is 0 Å². The van der Waals surface area contributed by atoms with E-state index in [0.29, 0.717) is 18.5 Å². The van der Waals surface area contributed by atoms with Gasteiger partial charge in [-0.05, 0) is 31.9 Å². The maximum absolute atomic E-state index is 12.5. The molecule has 0 aliphatic heterocycles. The molecule has 18 heavy (non-hydrogen) atoms. The minimum absolute atomic E-state index is 0.116. The molecule has 100 valence electrons. The molecule has 4 heteroatoms. The Balaban J connectivity index is 2.65. The van der Waals surface area contributed by atoms with Crippen molar-refractivity contribution in [1.82, 2.24) is 5.32 Å². The Morgan fingerprint density at radius 3 is 2.61 bits per heavy atom. The van der Waals surface area contributed by atoms with Gasteiger partial charge in [0.25, 0.3) is 0 Å². The van der Waals surface area contributed by atoms with E-state index in [9.17, 15) is 13.2 Å². The van der Waals surface area contributed by atoms with Crippen LogP contribution in [0.1, 0.15) is 25.0 Å². The van der Waals surface area contributed by atoms with Crippen molar-refractivity contribution < 1.29 is 13.2 Å². The van der Waals surface area contributed by atoms with Crippen LogP contribution in [0.5, 0.6) is 0 Å². The molecule has 1 N–H and O–H groups in total. The third kappa shape index (κ3) is 4.92. The maximum Gasteiger partial charge on any atom is 0.416 e. The summed E-state index contributed by atoms with van der Waals surface area (Å²) in [6.45, 7) is 8.30. The van der Waals surface area contributed by atoms with E-state index in [4.69, 9.17) is 0 Å². The Labute approximate surface area is 106 Å². The van der Waals surface area contributed by atoms with Crippen LogP contribution in [0, 0.1) is 0 Å². The fourth-order valence-electron chi connectivity index (χ4n) is 1.65. The van der Waals surface area contributed by atoms with E-state index in [1.807, 2.05) is 13.8 Å². The van der Waals surface area contributed by atoms with Gasteiger partial charge in [0, 0.05) is 12.6 Å². The zero-order valence-corrected chi connectivity index (χ0v) is 10.6. The van der Waals surface area contributed by atoms with Crippen LogP contribution in [0.3, 0.4) is 0 Å². The van der Waals surface area contributed by atoms with Crippen molar-refractivity contribution in [3.8, 4) is 0 Å². The van der Waals surface area contributed by atoms with Crippen molar-refractivity contribution in [2.75, 3.05) is 6.54 Å². The number of benzene rings is 1. The van der Waals surface area contributed by atoms with Crippen LogP contribution in [0.4, 0.5) is 13.2 Å². The fraction of sp³-hybridized carbons (Fsp3) is 0.429. The molecule has 0 amide bonds. The Hall–Kier alpha value is -1.29. The number of hydrogen-bond acceptors (Lipinski definition) is 1. The van der Waals surface area contributed by atoms with Gasteiger partial charge in [0.2, 0.25) is 0 Å². The predicted octanol–water partition coefficient (Wildman–Crippen LogP) is 3.80. The second-order valence-corrected chi connectivity index (χ2v) is 4.64. The van der Waals surface area contributed by atoms with Crippen LogP contribution in [-0.2, 0) is 12.6 Å². The average Bonchev–Trinajstić information content (AvgIpc) is 2.25. The standard InChI is InChI=1S/C14H18F3N/c1-10(2)9-18-11(3)7-12-5-4-6-13(8-12)14(15,16)17/h4-6,8,11,18H,1,7,9H2,2-3H3. The first kappa shape index (κ1) is 14.8. The van der Waals surface area contributed by atoms with Crippen LogP contribution >= 0.6 is 0 Å². The van der Waals surface area contributed by atoms with Crippen LogP contribution < -0.4 is 5.32 Å². The average molecular weight is 257 g/mol. The van der Waals surface area contributed by atoms with Gasteiger partial charge in [0.1, 0.15) is 0 Å². The van der Waals surface area contributed by atoms with Crippen molar-refractivity contribution in [3.63, 3.8) is 0 Å². The summed E-state index contributed by atoms with van der Waals surface area (Å²) in [7, 11) is 0. The van der Waals surface area contributed by atoms with Gasteiger partial charge in [-0.3, -0.25) is 0 Å². The first-order chi connectivity index (χ1) is 8.29. The molecule has 1 aromatic rings. The third-order valence-corrected chi connectivity index (χ3v) is 2.55. The van der Waals surface area contributed by atoms with Crippen LogP contribution in [-0.4, -0.2) is 12.6 Å². The van der Waals surface area contributed by atoms with Crippen LogP contribution in [0.25, 0.3) is 0 Å². The monoisotopic (exact) mass is 257 g/mol. The summed E-state index contributed by atoms with van der Waals surface area (Å²) in [5.74, 6) is 0. The Morgan fingerprint density at radius 1 is 1.39 bits per heavy atom. The Bertz CT molecular complexity index is 410. The molecule has 1 nitrogen and oxygen atoms in total. The number of halogens is 3. The molecule has 0 radical (unpaired) electrons. The third-order valence-electron chi connectivity index (χ3n) is 2.55. The lowest BCUT2D eigenvalue weighted by Gasteiger charge is -2.15. The van der Waals surface area contributed by atoms with Crippen molar-refractivity contribution in [3.05, 3.63) is 47.5 Å². The Morgan fingerprint density at radius 2 is 2.06 bits per heavy atom. The minimum Gasteiger partial charge on any atom is -0.310 e. The quantitative estimate of drug-likeness (QED) is 0.791. The van der Waals surface area contributed by atoms with Gasteiger partial charge in [0.15, 0.2) is 0 Å². The second-order valence-electron chi connectivity index (χ2n) is 4.64. The molecule has 1 unspecified atom stereocenters. The van der Waals surface area contributed by atoms with Crippen LogP contribution in [0.15, 0.2) is 36.4 Å². The normalized spacial score (nSPS) is 13.4. The molecule has 1 aromatic carbocycles. The number of rotatable bonds is 5. The van der Waals surface area contributed by atoms with E-state index in [-0.39, 0.29) is 6.04 Å². The molecule has 0 aliphatic rings. The van der Waals surface area contributed by atoms with Gasteiger partial charge >= 0.3 is 6.18 Å². The lowest BCUT2D eigenvalue weighted by Crippen LogP contribution is -2.29. The van der Waals surface area contributed by atoms with Crippen molar-refractivity contribution in [1.29, 1.82) is 0 Å². The maximum atomic E-state index is 12.5. The summed E-state index contributed by atoms with van der Waals surface area (Å²) < 4.78 is 37.6. The molecule has 0 heterocycles. The van der Waals surface area contributed by atoms with Gasteiger partial charge in [-0.1, -0.05) is 30.4 Å². The first-order valence-corrected chi connectivity index (χ1v) is 5.83. The second kappa shape index (κ2) is 6.05. The summed E-state index contributed by atoms with van der Waals surface area (Å²) in [5, 5.41) is 3.21. The Kier molecular flexibility index (Phi) is 4.96. The molecular weight excluding hydrogens is 239 g/mol. The summed E-state index contributed by atoms with van der Waals surface area (Å²) in [6, 6.07) is 5.58. The summed E-state index contributed by atoms with van der Waals surface area (Å²) in [6.07, 6.45) is -3.71. The number of nitrogens with one attached hydrogen (secondary N) is 1. The molecule has 0 bridgehead atoms. The van der Waals surface area contributed by atoms with E-state index in [0.717, 1.165) is 11.6 Å². The molecule has 0 saturated heterocycles. The minimum atomic E-state index is -4.27. The van der Waals surface area contributed by atoms with Gasteiger partial charge in [0.05, 0.1) is 5.56 Å². The molecule has 0 fully saturated rings. The highest BCUT2D eigenvalue weighted by molar-refractivity contribution is 5.26. The molecule has 1 rings (SSSR count). The van der Waals surface area contributed by atoms with E-state index in [1.165, 1.54) is 12.1 Å². The molecule has 0 saturated carbocycles. The molecule has 1 atom stereocenters. The highest BCUT2D eigenvalue weighted by Crippen LogP contribution is 2.29. The van der Waals surface area contributed by atoms with Gasteiger partial charge in [-0.25, -0.2) is 0 Å². The van der Waals surface area contributed by atoms with E-state index >= 15 is 0 Å². The lowest BCUT2D eigenvalue weighted by atomic mass is 10.0. The van der Waals surface area contributed by atoms with E-state index < -0.39 is 11.7 Å². The van der Waals surface area contributed by atoms with Gasteiger partial charge < -0.3 is 5.32 Å². The van der Waals surface area contributed by atoms with Gasteiger partial charge in [-0.2, -0.15) is 13.2 Å². The van der Waals surface area contributed by atoms with Crippen molar-refractivity contribution >= 4 is 0 Å². The van der Waals surface area contributed by atoms with E-state index in [1.54, 1.807) is 6.07 Å². The van der Waals surface area contributed by atoms with Crippen molar-refractivity contribution in [2.45, 2.75) is 32.5 Å².